The van der Waals surface area contributed by atoms with Gasteiger partial charge in [0.2, 0.25) is 5.91 Å². The van der Waals surface area contributed by atoms with Gasteiger partial charge in [-0.3, -0.25) is 9.89 Å². The fourth-order valence-electron chi connectivity index (χ4n) is 3.27. The third kappa shape index (κ3) is 2.01. The highest BCUT2D eigenvalue weighted by Gasteiger charge is 2.42. The molecule has 6 nitrogen and oxygen atoms in total. The number of aromatic nitrogens is 3. The molecule has 1 aromatic rings. The van der Waals surface area contributed by atoms with E-state index in [0.29, 0.717) is 17.7 Å². The molecule has 2 aliphatic rings. The Morgan fingerprint density at radius 2 is 2.44 bits per heavy atom. The van der Waals surface area contributed by atoms with Crippen LogP contribution in [0.25, 0.3) is 0 Å². The van der Waals surface area contributed by atoms with Crippen LogP contribution < -0.4 is 10.6 Å². The Morgan fingerprint density at radius 3 is 3.22 bits per heavy atom. The lowest BCUT2D eigenvalue weighted by Crippen LogP contribution is -2.44. The van der Waals surface area contributed by atoms with E-state index in [1.807, 2.05) is 6.92 Å². The summed E-state index contributed by atoms with van der Waals surface area (Å²) in [6.45, 7) is 2.90. The Bertz CT molecular complexity index is 418. The number of hydrogen-bond donors (Lipinski definition) is 3. The summed E-state index contributed by atoms with van der Waals surface area (Å²) in [7, 11) is 0. The maximum absolute atomic E-state index is 12.3. The highest BCUT2D eigenvalue weighted by atomic mass is 16.2. The van der Waals surface area contributed by atoms with Gasteiger partial charge in [-0.15, -0.1) is 0 Å². The zero-order valence-corrected chi connectivity index (χ0v) is 10.5. The van der Waals surface area contributed by atoms with Crippen LogP contribution in [0.2, 0.25) is 0 Å². The predicted molar refractivity (Wildman–Crippen MR) is 65.6 cm³/mol. The minimum Gasteiger partial charge on any atom is -0.345 e. The van der Waals surface area contributed by atoms with Crippen LogP contribution in [0, 0.1) is 11.8 Å². The van der Waals surface area contributed by atoms with Crippen LogP contribution >= 0.6 is 0 Å². The first-order valence-electron chi connectivity index (χ1n) is 6.64. The number of rotatable bonds is 3. The number of carbonyl (C=O) groups excluding carboxylic acids is 1. The molecule has 4 unspecified atom stereocenters. The van der Waals surface area contributed by atoms with Gasteiger partial charge in [-0.2, -0.15) is 5.10 Å². The molecule has 1 aliphatic heterocycles. The molecular formula is C12H19N5O. The number of carbonyl (C=O) groups is 1. The molecule has 1 aromatic heterocycles. The average molecular weight is 249 g/mol. The first kappa shape index (κ1) is 11.6. The Morgan fingerprint density at radius 1 is 1.56 bits per heavy atom. The van der Waals surface area contributed by atoms with Crippen molar-refractivity contribution in [1.29, 1.82) is 0 Å². The van der Waals surface area contributed by atoms with E-state index in [9.17, 15) is 4.79 Å². The van der Waals surface area contributed by atoms with E-state index < -0.39 is 0 Å². The van der Waals surface area contributed by atoms with Gasteiger partial charge in [0.1, 0.15) is 12.2 Å². The van der Waals surface area contributed by atoms with Crippen molar-refractivity contribution in [3.05, 3.63) is 12.2 Å². The van der Waals surface area contributed by atoms with Gasteiger partial charge in [-0.25, -0.2) is 4.98 Å². The van der Waals surface area contributed by atoms with Crippen molar-refractivity contribution < 1.29 is 4.79 Å². The number of amides is 1. The zero-order chi connectivity index (χ0) is 12.5. The van der Waals surface area contributed by atoms with E-state index in [-0.39, 0.29) is 18.0 Å². The molecule has 1 saturated carbocycles. The lowest BCUT2D eigenvalue weighted by molar-refractivity contribution is -0.124. The predicted octanol–water partition coefficient (Wildman–Crippen LogP) is 0.370. The molecule has 4 atom stereocenters. The number of nitrogens with one attached hydrogen (secondary N) is 3. The summed E-state index contributed by atoms with van der Waals surface area (Å²) in [5, 5.41) is 12.9. The molecule has 3 N–H and O–H groups in total. The van der Waals surface area contributed by atoms with E-state index >= 15 is 0 Å². The average Bonchev–Trinajstić information content (AvgIpc) is 3.06. The maximum Gasteiger partial charge on any atom is 0.238 e. The van der Waals surface area contributed by atoms with Crippen LogP contribution in [0.5, 0.6) is 0 Å². The first-order chi connectivity index (χ1) is 8.75. The molecule has 2 heterocycles. The van der Waals surface area contributed by atoms with Gasteiger partial charge < -0.3 is 10.6 Å². The standard InChI is InChI=1S/C12H19N5O/c1-7(11-14-6-15-17-11)16-12(18)10-9-4-2-3-8(9)5-13-10/h6-10,13H,2-5H2,1H3,(H,16,18)(H,14,15,17). The molecular weight excluding hydrogens is 230 g/mol. The number of hydrogen-bond acceptors (Lipinski definition) is 4. The van der Waals surface area contributed by atoms with Crippen molar-refractivity contribution in [2.75, 3.05) is 6.54 Å². The number of nitrogens with zero attached hydrogens (tertiary/aromatic N) is 2. The van der Waals surface area contributed by atoms with Gasteiger partial charge >= 0.3 is 0 Å². The van der Waals surface area contributed by atoms with E-state index in [1.54, 1.807) is 0 Å². The largest absolute Gasteiger partial charge is 0.345 e. The smallest absolute Gasteiger partial charge is 0.238 e. The number of H-pyrrole nitrogens is 1. The number of aromatic amines is 1. The third-order valence-electron chi connectivity index (χ3n) is 4.23. The van der Waals surface area contributed by atoms with Crippen LogP contribution in [0.4, 0.5) is 0 Å². The van der Waals surface area contributed by atoms with Crippen molar-refractivity contribution in [1.82, 2.24) is 25.8 Å². The SMILES string of the molecule is CC(NC(=O)C1NCC2CCCC21)c1ncn[nH]1. The van der Waals surface area contributed by atoms with Gasteiger partial charge in [-0.05, 0) is 38.1 Å². The third-order valence-corrected chi connectivity index (χ3v) is 4.23. The molecule has 18 heavy (non-hydrogen) atoms. The van der Waals surface area contributed by atoms with Crippen LogP contribution in [-0.4, -0.2) is 33.7 Å². The molecule has 0 radical (unpaired) electrons. The topological polar surface area (TPSA) is 82.7 Å². The second kappa shape index (κ2) is 4.68. The molecule has 1 amide bonds. The molecule has 0 bridgehead atoms. The van der Waals surface area contributed by atoms with Crippen molar-refractivity contribution in [3.63, 3.8) is 0 Å². The molecule has 1 saturated heterocycles. The molecule has 98 valence electrons. The summed E-state index contributed by atoms with van der Waals surface area (Å²) in [5.41, 5.74) is 0. The Balaban J connectivity index is 1.61. The second-order valence-electron chi connectivity index (χ2n) is 5.34. The zero-order valence-electron chi connectivity index (χ0n) is 10.5. The fourth-order valence-corrected chi connectivity index (χ4v) is 3.27. The van der Waals surface area contributed by atoms with Gasteiger partial charge in [0.05, 0.1) is 12.1 Å². The summed E-state index contributed by atoms with van der Waals surface area (Å²) in [4.78, 5) is 16.3. The quantitative estimate of drug-likeness (QED) is 0.723. The number of fused-ring (bicyclic) bond motifs is 1. The molecule has 6 heteroatoms. The second-order valence-corrected chi connectivity index (χ2v) is 5.34. The van der Waals surface area contributed by atoms with Crippen LogP contribution in [0.15, 0.2) is 6.33 Å². The van der Waals surface area contributed by atoms with Crippen molar-refractivity contribution >= 4 is 5.91 Å². The van der Waals surface area contributed by atoms with Crippen LogP contribution in [-0.2, 0) is 4.79 Å². The molecule has 2 fully saturated rings. The summed E-state index contributed by atoms with van der Waals surface area (Å²) in [5.74, 6) is 2.01. The summed E-state index contributed by atoms with van der Waals surface area (Å²) in [6.07, 6.45) is 5.16. The van der Waals surface area contributed by atoms with Crippen molar-refractivity contribution in [3.8, 4) is 0 Å². The highest BCUT2D eigenvalue weighted by Crippen LogP contribution is 2.37. The Hall–Kier alpha value is -1.43. The highest BCUT2D eigenvalue weighted by molar-refractivity contribution is 5.82. The molecule has 0 spiro atoms. The van der Waals surface area contributed by atoms with E-state index in [1.165, 1.54) is 25.6 Å². The Labute approximate surface area is 106 Å². The minimum absolute atomic E-state index is 0.0251. The van der Waals surface area contributed by atoms with Gasteiger partial charge in [0.15, 0.2) is 0 Å². The van der Waals surface area contributed by atoms with Crippen molar-refractivity contribution in [2.45, 2.75) is 38.3 Å². The fraction of sp³-hybridized carbons (Fsp3) is 0.750. The summed E-state index contributed by atoms with van der Waals surface area (Å²) in [6, 6.07) is -0.148. The molecule has 1 aliphatic carbocycles. The Kier molecular flexibility index (Phi) is 3.03. The summed E-state index contributed by atoms with van der Waals surface area (Å²) >= 11 is 0. The normalized spacial score (nSPS) is 32.2. The van der Waals surface area contributed by atoms with E-state index in [2.05, 4.69) is 25.8 Å². The minimum atomic E-state index is -0.123. The van der Waals surface area contributed by atoms with Gasteiger partial charge in [0, 0.05) is 0 Å². The maximum atomic E-state index is 12.3. The van der Waals surface area contributed by atoms with Crippen LogP contribution in [0.3, 0.4) is 0 Å². The van der Waals surface area contributed by atoms with Gasteiger partial charge in [-0.1, -0.05) is 6.42 Å². The molecule has 3 rings (SSSR count). The van der Waals surface area contributed by atoms with E-state index in [4.69, 9.17) is 0 Å². The summed E-state index contributed by atoms with van der Waals surface area (Å²) < 4.78 is 0. The molecule has 0 aromatic carbocycles. The van der Waals surface area contributed by atoms with E-state index in [0.717, 1.165) is 6.54 Å². The lowest BCUT2D eigenvalue weighted by atomic mass is 9.93. The lowest BCUT2D eigenvalue weighted by Gasteiger charge is -2.20. The monoisotopic (exact) mass is 249 g/mol. The first-order valence-corrected chi connectivity index (χ1v) is 6.64. The van der Waals surface area contributed by atoms with Crippen LogP contribution in [0.1, 0.15) is 38.1 Å². The van der Waals surface area contributed by atoms with Gasteiger partial charge in [0.25, 0.3) is 0 Å². The van der Waals surface area contributed by atoms with Crippen molar-refractivity contribution in [2.24, 2.45) is 11.8 Å².